The lowest BCUT2D eigenvalue weighted by molar-refractivity contribution is 0.0998. The summed E-state index contributed by atoms with van der Waals surface area (Å²) in [5.41, 5.74) is 1.31. The molecule has 1 amide bonds. The number of halogens is 2. The molecule has 140 valence electrons. The Balaban J connectivity index is 2.05. The van der Waals surface area contributed by atoms with Crippen LogP contribution in [0.3, 0.4) is 0 Å². The van der Waals surface area contributed by atoms with Crippen LogP contribution in [0.5, 0.6) is 0 Å². The second kappa shape index (κ2) is 8.65. The second-order valence-corrected chi connectivity index (χ2v) is 9.54. The Kier molecular flexibility index (Phi) is 6.48. The Bertz CT molecular complexity index is 1070. The Labute approximate surface area is 176 Å². The Morgan fingerprint density at radius 3 is 2.52 bits per heavy atom. The molecule has 27 heavy (non-hydrogen) atoms. The number of allylic oxidation sites excluding steroid dienone is 1. The molecule has 0 bridgehead atoms. The average Bonchev–Trinajstić information content (AvgIpc) is 2.98. The highest BCUT2D eigenvalue weighted by Gasteiger charge is 2.14. The van der Waals surface area contributed by atoms with Crippen LogP contribution in [0, 0.1) is 0 Å². The maximum absolute atomic E-state index is 12.7. The van der Waals surface area contributed by atoms with E-state index in [1.165, 1.54) is 11.3 Å². The SMILES string of the molecule is C=CCn1c(=NC(=O)c2ccc(SC(C)C)cc2)sc2c(Cl)ccc(Cl)c21. The van der Waals surface area contributed by atoms with Gasteiger partial charge >= 0.3 is 0 Å². The molecule has 0 atom stereocenters. The zero-order valence-electron chi connectivity index (χ0n) is 14.9. The van der Waals surface area contributed by atoms with Crippen LogP contribution in [0.15, 0.2) is 58.9 Å². The molecular formula is C20H18Cl2N2OS2. The number of hydrogen-bond acceptors (Lipinski definition) is 3. The van der Waals surface area contributed by atoms with Crippen LogP contribution < -0.4 is 4.80 Å². The summed E-state index contributed by atoms with van der Waals surface area (Å²) in [6, 6.07) is 11.0. The Hall–Kier alpha value is -1.53. The van der Waals surface area contributed by atoms with Crippen LogP contribution in [0.1, 0.15) is 24.2 Å². The van der Waals surface area contributed by atoms with E-state index in [0.717, 1.165) is 15.1 Å². The average molecular weight is 437 g/mol. The molecule has 0 unspecified atom stereocenters. The van der Waals surface area contributed by atoms with Gasteiger partial charge in [-0.25, -0.2) is 0 Å². The number of amides is 1. The standard InChI is InChI=1S/C20H18Cl2N2OS2/c1-4-11-24-17-15(21)9-10-16(22)18(17)27-20(24)23-19(25)13-5-7-14(8-6-13)26-12(2)3/h4-10,12H,1,11H2,2-3H3. The lowest BCUT2D eigenvalue weighted by Gasteiger charge is -2.05. The highest BCUT2D eigenvalue weighted by Crippen LogP contribution is 2.32. The van der Waals surface area contributed by atoms with Crippen molar-refractivity contribution >= 4 is 62.4 Å². The van der Waals surface area contributed by atoms with Gasteiger partial charge in [-0.05, 0) is 36.4 Å². The van der Waals surface area contributed by atoms with Gasteiger partial charge in [0.15, 0.2) is 4.80 Å². The van der Waals surface area contributed by atoms with E-state index in [0.29, 0.717) is 32.2 Å². The maximum atomic E-state index is 12.7. The molecule has 0 N–H and O–H groups in total. The van der Waals surface area contributed by atoms with Gasteiger partial charge in [-0.2, -0.15) is 4.99 Å². The third kappa shape index (κ3) is 4.49. The smallest absolute Gasteiger partial charge is 0.279 e. The summed E-state index contributed by atoms with van der Waals surface area (Å²) in [7, 11) is 0. The first-order valence-corrected chi connectivity index (χ1v) is 10.8. The molecule has 7 heteroatoms. The van der Waals surface area contributed by atoms with Crippen LogP contribution in [-0.2, 0) is 6.54 Å². The maximum Gasteiger partial charge on any atom is 0.279 e. The van der Waals surface area contributed by atoms with Gasteiger partial charge in [0.2, 0.25) is 0 Å². The van der Waals surface area contributed by atoms with Crippen LogP contribution in [0.25, 0.3) is 10.2 Å². The minimum atomic E-state index is -0.298. The number of carbonyl (C=O) groups excluding carboxylic acids is 1. The Morgan fingerprint density at radius 1 is 1.22 bits per heavy atom. The van der Waals surface area contributed by atoms with Gasteiger partial charge in [0.05, 0.1) is 20.3 Å². The molecule has 3 nitrogen and oxygen atoms in total. The number of nitrogens with zero attached hydrogens (tertiary/aromatic N) is 2. The van der Waals surface area contributed by atoms with Crippen molar-refractivity contribution in [3.63, 3.8) is 0 Å². The predicted molar refractivity (Wildman–Crippen MR) is 117 cm³/mol. The van der Waals surface area contributed by atoms with E-state index in [9.17, 15) is 4.79 Å². The normalized spacial score (nSPS) is 12.1. The summed E-state index contributed by atoms with van der Waals surface area (Å²) in [6.45, 7) is 8.54. The molecule has 0 aliphatic rings. The van der Waals surface area contributed by atoms with E-state index in [-0.39, 0.29) is 5.91 Å². The molecule has 0 saturated heterocycles. The summed E-state index contributed by atoms with van der Waals surface area (Å²) in [6.07, 6.45) is 1.74. The molecule has 2 aromatic carbocycles. The third-order valence-electron chi connectivity index (χ3n) is 3.71. The largest absolute Gasteiger partial charge is 0.311 e. The minimum absolute atomic E-state index is 0.298. The van der Waals surface area contributed by atoms with Crippen molar-refractivity contribution in [2.45, 2.75) is 30.5 Å². The van der Waals surface area contributed by atoms with E-state index in [4.69, 9.17) is 23.2 Å². The van der Waals surface area contributed by atoms with E-state index in [1.54, 1.807) is 30.0 Å². The third-order valence-corrected chi connectivity index (χ3v) is 6.57. The number of rotatable bonds is 5. The zero-order chi connectivity index (χ0) is 19.6. The van der Waals surface area contributed by atoms with Gasteiger partial charge < -0.3 is 4.57 Å². The van der Waals surface area contributed by atoms with Crippen LogP contribution in [-0.4, -0.2) is 15.7 Å². The van der Waals surface area contributed by atoms with E-state index < -0.39 is 0 Å². The fourth-order valence-electron chi connectivity index (χ4n) is 2.59. The molecule has 1 heterocycles. The molecule has 3 aromatic rings. The summed E-state index contributed by atoms with van der Waals surface area (Å²) < 4.78 is 2.67. The monoisotopic (exact) mass is 436 g/mol. The van der Waals surface area contributed by atoms with E-state index >= 15 is 0 Å². The number of thioether (sulfide) groups is 1. The molecule has 0 aliphatic heterocycles. The summed E-state index contributed by atoms with van der Waals surface area (Å²) in [5.74, 6) is -0.298. The number of fused-ring (bicyclic) bond motifs is 1. The molecule has 1 aromatic heterocycles. The highest BCUT2D eigenvalue weighted by molar-refractivity contribution is 7.99. The quantitative estimate of drug-likeness (QED) is 0.340. The van der Waals surface area contributed by atoms with Gasteiger partial charge in [-0.15, -0.1) is 18.3 Å². The van der Waals surface area contributed by atoms with Crippen molar-refractivity contribution in [1.82, 2.24) is 4.57 Å². The second-order valence-electron chi connectivity index (χ2n) is 6.10. The lowest BCUT2D eigenvalue weighted by atomic mass is 10.2. The molecular weight excluding hydrogens is 419 g/mol. The first-order valence-electron chi connectivity index (χ1n) is 8.34. The fourth-order valence-corrected chi connectivity index (χ4v) is 5.09. The Morgan fingerprint density at radius 2 is 1.89 bits per heavy atom. The van der Waals surface area contributed by atoms with Crippen molar-refractivity contribution in [3.05, 3.63) is 69.5 Å². The van der Waals surface area contributed by atoms with Crippen molar-refractivity contribution < 1.29 is 4.79 Å². The van der Waals surface area contributed by atoms with E-state index in [1.807, 2.05) is 28.8 Å². The highest BCUT2D eigenvalue weighted by atomic mass is 35.5. The van der Waals surface area contributed by atoms with Crippen LogP contribution in [0.2, 0.25) is 10.0 Å². The molecule has 0 radical (unpaired) electrons. The number of benzene rings is 2. The lowest BCUT2D eigenvalue weighted by Crippen LogP contribution is -2.16. The first-order chi connectivity index (χ1) is 12.9. The molecule has 3 rings (SSSR count). The van der Waals surface area contributed by atoms with Crippen LogP contribution >= 0.6 is 46.3 Å². The van der Waals surface area contributed by atoms with Crippen molar-refractivity contribution in [2.24, 2.45) is 4.99 Å². The zero-order valence-corrected chi connectivity index (χ0v) is 18.1. The molecule has 0 spiro atoms. The predicted octanol–water partition coefficient (Wildman–Crippen LogP) is 6.44. The summed E-state index contributed by atoms with van der Waals surface area (Å²) >= 11 is 15.8. The first kappa shape index (κ1) is 20.2. The van der Waals surface area contributed by atoms with Gasteiger partial charge in [0.1, 0.15) is 0 Å². The van der Waals surface area contributed by atoms with E-state index in [2.05, 4.69) is 25.4 Å². The molecule has 0 saturated carbocycles. The fraction of sp³-hybridized carbons (Fsp3) is 0.200. The number of hydrogen-bond donors (Lipinski definition) is 0. The summed E-state index contributed by atoms with van der Waals surface area (Å²) in [5, 5.41) is 1.64. The van der Waals surface area contributed by atoms with Gasteiger partial charge in [-0.3, -0.25) is 4.79 Å². The van der Waals surface area contributed by atoms with Gasteiger partial charge in [0, 0.05) is 22.3 Å². The molecule has 0 aliphatic carbocycles. The summed E-state index contributed by atoms with van der Waals surface area (Å²) in [4.78, 5) is 18.7. The van der Waals surface area contributed by atoms with Crippen molar-refractivity contribution in [3.8, 4) is 0 Å². The van der Waals surface area contributed by atoms with Crippen molar-refractivity contribution in [2.75, 3.05) is 0 Å². The topological polar surface area (TPSA) is 34.4 Å². The van der Waals surface area contributed by atoms with Gasteiger partial charge in [-0.1, -0.05) is 54.5 Å². The minimum Gasteiger partial charge on any atom is -0.311 e. The number of carbonyl (C=O) groups is 1. The number of aromatic nitrogens is 1. The van der Waals surface area contributed by atoms with Gasteiger partial charge in [0.25, 0.3) is 5.91 Å². The number of thiazole rings is 1. The van der Waals surface area contributed by atoms with Crippen LogP contribution in [0.4, 0.5) is 0 Å². The molecule has 0 fully saturated rings. The van der Waals surface area contributed by atoms with Crippen molar-refractivity contribution in [1.29, 1.82) is 0 Å².